The number of alkyl halides is 2. The summed E-state index contributed by atoms with van der Waals surface area (Å²) in [6, 6.07) is 0. The van der Waals surface area contributed by atoms with E-state index in [1.165, 1.54) is 0 Å². The van der Waals surface area contributed by atoms with Crippen LogP contribution >= 0.6 is 0 Å². The summed E-state index contributed by atoms with van der Waals surface area (Å²) in [7, 11) is 0. The van der Waals surface area contributed by atoms with Crippen molar-refractivity contribution in [3.8, 4) is 0 Å². The molecule has 0 aromatic carbocycles. The van der Waals surface area contributed by atoms with Crippen molar-refractivity contribution in [1.82, 2.24) is 5.32 Å². The predicted octanol–water partition coefficient (Wildman–Crippen LogP) is 2.42. The van der Waals surface area contributed by atoms with Gasteiger partial charge in [0.25, 0.3) is 5.92 Å². The summed E-state index contributed by atoms with van der Waals surface area (Å²) in [5, 5.41) is 3.01. The van der Waals surface area contributed by atoms with E-state index in [-0.39, 0.29) is 6.42 Å². The van der Waals surface area contributed by atoms with Gasteiger partial charge in [-0.15, -0.1) is 0 Å². The highest BCUT2D eigenvalue weighted by atomic mass is 19.3. The summed E-state index contributed by atoms with van der Waals surface area (Å²) in [6.45, 7) is 5.44. The van der Waals surface area contributed by atoms with E-state index in [1.54, 1.807) is 0 Å². The van der Waals surface area contributed by atoms with Crippen LogP contribution in [0.2, 0.25) is 0 Å². The number of piperidine rings is 1. The Labute approximate surface area is 72.5 Å². The molecule has 1 N–H and O–H groups in total. The Morgan fingerprint density at radius 1 is 1.25 bits per heavy atom. The number of hydrogen-bond donors (Lipinski definition) is 1. The Kier molecular flexibility index (Phi) is 2.71. The van der Waals surface area contributed by atoms with Crippen molar-refractivity contribution < 1.29 is 8.78 Å². The third kappa shape index (κ3) is 1.47. The lowest BCUT2D eigenvalue weighted by Gasteiger charge is -2.22. The van der Waals surface area contributed by atoms with Crippen molar-refractivity contribution in [3.05, 3.63) is 0 Å². The van der Waals surface area contributed by atoms with Gasteiger partial charge in [0.05, 0.1) is 5.41 Å². The molecule has 1 saturated heterocycles. The first kappa shape index (κ1) is 9.90. The molecule has 2 rings (SSSR count). The standard InChI is InChI=1S/C7H11F2N.C2H6/c8-7(9)4-6(7)2-1-3-10-5-6;1-2/h10H,1-5H2;1-2H3. The second-order valence-corrected chi connectivity index (χ2v) is 3.44. The average Bonchev–Trinajstić information content (AvgIpc) is 2.58. The minimum absolute atomic E-state index is 0.118. The quantitative estimate of drug-likeness (QED) is 0.599. The van der Waals surface area contributed by atoms with Gasteiger partial charge in [0.15, 0.2) is 0 Å². The molecule has 3 heteroatoms. The van der Waals surface area contributed by atoms with Crippen LogP contribution in [0.25, 0.3) is 0 Å². The van der Waals surface area contributed by atoms with E-state index in [4.69, 9.17) is 0 Å². The third-order valence-corrected chi connectivity index (χ3v) is 2.68. The van der Waals surface area contributed by atoms with Gasteiger partial charge in [-0.2, -0.15) is 0 Å². The fourth-order valence-electron chi connectivity index (χ4n) is 1.81. The maximum atomic E-state index is 12.6. The second kappa shape index (κ2) is 3.29. The van der Waals surface area contributed by atoms with Crippen LogP contribution in [0.4, 0.5) is 8.78 Å². The molecular formula is C9H17F2N. The molecule has 0 radical (unpaired) electrons. The zero-order valence-electron chi connectivity index (χ0n) is 7.79. The molecule has 2 aliphatic rings. The second-order valence-electron chi connectivity index (χ2n) is 3.44. The van der Waals surface area contributed by atoms with Gasteiger partial charge in [0.2, 0.25) is 0 Å². The predicted molar refractivity (Wildman–Crippen MR) is 45.4 cm³/mol. The van der Waals surface area contributed by atoms with E-state index in [0.717, 1.165) is 13.0 Å². The highest BCUT2D eigenvalue weighted by molar-refractivity contribution is 5.12. The Bertz CT molecular complexity index is 151. The molecule has 1 saturated carbocycles. The zero-order chi connectivity index (χ0) is 9.24. The fraction of sp³-hybridized carbons (Fsp3) is 1.00. The van der Waals surface area contributed by atoms with Crippen molar-refractivity contribution in [2.24, 2.45) is 5.41 Å². The van der Waals surface area contributed by atoms with Crippen LogP contribution in [-0.2, 0) is 0 Å². The topological polar surface area (TPSA) is 12.0 Å². The van der Waals surface area contributed by atoms with E-state index in [0.29, 0.717) is 13.0 Å². The summed E-state index contributed by atoms with van der Waals surface area (Å²) in [5.74, 6) is -2.35. The molecule has 1 aliphatic heterocycles. The maximum absolute atomic E-state index is 12.6. The van der Waals surface area contributed by atoms with Crippen molar-refractivity contribution in [2.45, 2.75) is 39.0 Å². The molecular weight excluding hydrogens is 160 g/mol. The molecule has 1 atom stereocenters. The first-order valence-electron chi connectivity index (χ1n) is 4.75. The Morgan fingerprint density at radius 3 is 2.08 bits per heavy atom. The average molecular weight is 177 g/mol. The maximum Gasteiger partial charge on any atom is 0.255 e. The summed E-state index contributed by atoms with van der Waals surface area (Å²) in [4.78, 5) is 0. The van der Waals surface area contributed by atoms with Crippen molar-refractivity contribution in [2.75, 3.05) is 13.1 Å². The van der Waals surface area contributed by atoms with Crippen LogP contribution < -0.4 is 5.32 Å². The van der Waals surface area contributed by atoms with E-state index in [9.17, 15) is 8.78 Å². The summed E-state index contributed by atoms with van der Waals surface area (Å²) in [6.07, 6.45) is 1.75. The number of rotatable bonds is 0. The van der Waals surface area contributed by atoms with E-state index < -0.39 is 11.3 Å². The van der Waals surface area contributed by atoms with Gasteiger partial charge in [-0.05, 0) is 19.4 Å². The molecule has 0 aromatic heterocycles. The zero-order valence-corrected chi connectivity index (χ0v) is 7.79. The Balaban J connectivity index is 0.000000336. The van der Waals surface area contributed by atoms with Gasteiger partial charge < -0.3 is 5.32 Å². The molecule has 72 valence electrons. The largest absolute Gasteiger partial charge is 0.316 e. The molecule has 1 nitrogen and oxygen atoms in total. The molecule has 0 aromatic rings. The van der Waals surface area contributed by atoms with Crippen LogP contribution in [0.1, 0.15) is 33.1 Å². The van der Waals surface area contributed by atoms with Gasteiger partial charge in [-0.3, -0.25) is 0 Å². The van der Waals surface area contributed by atoms with Crippen molar-refractivity contribution in [1.29, 1.82) is 0 Å². The molecule has 1 spiro atoms. The van der Waals surface area contributed by atoms with Crippen LogP contribution in [0, 0.1) is 5.41 Å². The lowest BCUT2D eigenvalue weighted by Crippen LogP contribution is -2.34. The highest BCUT2D eigenvalue weighted by Gasteiger charge is 2.70. The monoisotopic (exact) mass is 177 g/mol. The molecule has 0 amide bonds. The highest BCUT2D eigenvalue weighted by Crippen LogP contribution is 2.63. The van der Waals surface area contributed by atoms with Crippen LogP contribution in [0.15, 0.2) is 0 Å². The Hall–Kier alpha value is -0.180. The SMILES string of the molecule is CC.FC1(F)CC12CCCNC2. The van der Waals surface area contributed by atoms with Gasteiger partial charge >= 0.3 is 0 Å². The summed E-state index contributed by atoms with van der Waals surface area (Å²) < 4.78 is 25.3. The smallest absolute Gasteiger partial charge is 0.255 e. The van der Waals surface area contributed by atoms with Gasteiger partial charge in [-0.1, -0.05) is 13.8 Å². The number of hydrogen-bond acceptors (Lipinski definition) is 1. The molecule has 1 aliphatic carbocycles. The molecule has 1 heterocycles. The van der Waals surface area contributed by atoms with Gasteiger partial charge in [0, 0.05) is 13.0 Å². The fourth-order valence-corrected chi connectivity index (χ4v) is 1.81. The minimum atomic E-state index is -2.35. The molecule has 2 fully saturated rings. The normalized spacial score (nSPS) is 37.0. The number of halogens is 2. The van der Waals surface area contributed by atoms with Crippen LogP contribution in [0.5, 0.6) is 0 Å². The van der Waals surface area contributed by atoms with Crippen molar-refractivity contribution in [3.63, 3.8) is 0 Å². The van der Waals surface area contributed by atoms with E-state index >= 15 is 0 Å². The lowest BCUT2D eigenvalue weighted by atomic mass is 9.96. The Morgan fingerprint density at radius 2 is 1.83 bits per heavy atom. The van der Waals surface area contributed by atoms with E-state index in [2.05, 4.69) is 5.32 Å². The summed E-state index contributed by atoms with van der Waals surface area (Å²) in [5.41, 5.74) is -0.620. The molecule has 0 bridgehead atoms. The first-order valence-corrected chi connectivity index (χ1v) is 4.75. The summed E-state index contributed by atoms with van der Waals surface area (Å²) >= 11 is 0. The first-order chi connectivity index (χ1) is 5.66. The van der Waals surface area contributed by atoms with Gasteiger partial charge in [0.1, 0.15) is 0 Å². The van der Waals surface area contributed by atoms with Crippen molar-refractivity contribution >= 4 is 0 Å². The van der Waals surface area contributed by atoms with E-state index in [1.807, 2.05) is 13.8 Å². The number of nitrogens with one attached hydrogen (secondary N) is 1. The lowest BCUT2D eigenvalue weighted by molar-refractivity contribution is 0.0536. The third-order valence-electron chi connectivity index (χ3n) is 2.68. The van der Waals surface area contributed by atoms with Crippen LogP contribution in [0.3, 0.4) is 0 Å². The molecule has 1 unspecified atom stereocenters. The van der Waals surface area contributed by atoms with Crippen LogP contribution in [-0.4, -0.2) is 19.0 Å². The molecule has 12 heavy (non-hydrogen) atoms. The van der Waals surface area contributed by atoms with Gasteiger partial charge in [-0.25, -0.2) is 8.78 Å². The minimum Gasteiger partial charge on any atom is -0.316 e.